The number of carbonyl (C=O) groups excluding carboxylic acids is 2. The first-order valence-corrected chi connectivity index (χ1v) is 10.7. The first-order chi connectivity index (χ1) is 13.5. The van der Waals surface area contributed by atoms with Crippen molar-refractivity contribution in [3.05, 3.63) is 11.6 Å². The molecular weight excluding hydrogens is 370 g/mol. The standard InChI is InChI=1S/C21H35N5O3/c1-14-22-17(24-23-14)15-9-7-11-25(13-15)18(27)16-21(5,6)10-8-12-26(16)19(28)29-20(2,3)4/h15-16H,7-13H2,1-6H3,(H,22,23,24)/t15-,16-/m0/s1. The fourth-order valence-electron chi connectivity index (χ4n) is 4.48. The Balaban J connectivity index is 1.80. The molecule has 2 fully saturated rings. The lowest BCUT2D eigenvalue weighted by Crippen LogP contribution is -2.61. The number of aromatic nitrogens is 3. The van der Waals surface area contributed by atoms with Gasteiger partial charge in [0.2, 0.25) is 5.91 Å². The Bertz CT molecular complexity index is 752. The van der Waals surface area contributed by atoms with Crippen LogP contribution in [0, 0.1) is 12.3 Å². The second-order valence-corrected chi connectivity index (χ2v) is 10.1. The van der Waals surface area contributed by atoms with Crippen LogP contribution in [-0.4, -0.2) is 68.3 Å². The van der Waals surface area contributed by atoms with Gasteiger partial charge in [-0.2, -0.15) is 5.10 Å². The number of aryl methyl sites for hydroxylation is 1. The van der Waals surface area contributed by atoms with E-state index >= 15 is 0 Å². The van der Waals surface area contributed by atoms with Gasteiger partial charge in [0.1, 0.15) is 17.5 Å². The number of nitrogens with zero attached hydrogens (tertiary/aromatic N) is 4. The average molecular weight is 406 g/mol. The quantitative estimate of drug-likeness (QED) is 0.815. The van der Waals surface area contributed by atoms with Gasteiger partial charge >= 0.3 is 6.09 Å². The summed E-state index contributed by atoms with van der Waals surface area (Å²) in [5, 5.41) is 7.20. The van der Waals surface area contributed by atoms with Crippen molar-refractivity contribution in [2.45, 2.75) is 84.8 Å². The van der Waals surface area contributed by atoms with Gasteiger partial charge in [-0.3, -0.25) is 14.8 Å². The summed E-state index contributed by atoms with van der Waals surface area (Å²) < 4.78 is 5.62. The molecule has 0 aliphatic carbocycles. The molecule has 8 heteroatoms. The van der Waals surface area contributed by atoms with E-state index < -0.39 is 17.7 Å². The van der Waals surface area contributed by atoms with E-state index in [9.17, 15) is 9.59 Å². The van der Waals surface area contributed by atoms with Crippen LogP contribution in [0.3, 0.4) is 0 Å². The van der Waals surface area contributed by atoms with Gasteiger partial charge < -0.3 is 9.64 Å². The lowest BCUT2D eigenvalue weighted by molar-refractivity contribution is -0.145. The van der Waals surface area contributed by atoms with Crippen LogP contribution in [0.4, 0.5) is 4.79 Å². The number of nitrogens with one attached hydrogen (secondary N) is 1. The van der Waals surface area contributed by atoms with Gasteiger partial charge in [-0.1, -0.05) is 13.8 Å². The zero-order valence-corrected chi connectivity index (χ0v) is 18.6. The van der Waals surface area contributed by atoms with Crippen LogP contribution in [-0.2, 0) is 9.53 Å². The van der Waals surface area contributed by atoms with Crippen molar-refractivity contribution in [3.8, 4) is 0 Å². The fourth-order valence-corrected chi connectivity index (χ4v) is 4.48. The molecule has 29 heavy (non-hydrogen) atoms. The van der Waals surface area contributed by atoms with Crippen LogP contribution < -0.4 is 0 Å². The molecule has 8 nitrogen and oxygen atoms in total. The van der Waals surface area contributed by atoms with Gasteiger partial charge in [-0.05, 0) is 58.8 Å². The predicted octanol–water partition coefficient (Wildman–Crippen LogP) is 3.24. The molecule has 0 unspecified atom stereocenters. The second-order valence-electron chi connectivity index (χ2n) is 10.1. The molecule has 1 N–H and O–H groups in total. The number of amides is 2. The molecule has 0 saturated carbocycles. The van der Waals surface area contributed by atoms with Gasteiger partial charge in [-0.15, -0.1) is 0 Å². The Hall–Kier alpha value is -2.12. The smallest absolute Gasteiger partial charge is 0.410 e. The number of hydrogen-bond donors (Lipinski definition) is 1. The molecule has 0 radical (unpaired) electrons. The summed E-state index contributed by atoms with van der Waals surface area (Å²) in [5.41, 5.74) is -0.897. The molecule has 2 saturated heterocycles. The first-order valence-electron chi connectivity index (χ1n) is 10.7. The summed E-state index contributed by atoms with van der Waals surface area (Å²) in [6, 6.07) is -0.515. The SMILES string of the molecule is Cc1nc([C@H]2CCCN(C(=O)[C@@H]3N(C(=O)OC(C)(C)C)CCCC3(C)C)C2)n[nH]1. The molecule has 1 aromatic rings. The van der Waals surface area contributed by atoms with Crippen LogP contribution in [0.15, 0.2) is 0 Å². The Kier molecular flexibility index (Phi) is 5.92. The minimum absolute atomic E-state index is 0.0116. The van der Waals surface area contributed by atoms with Crippen LogP contribution >= 0.6 is 0 Å². The van der Waals surface area contributed by atoms with Crippen LogP contribution in [0.2, 0.25) is 0 Å². The van der Waals surface area contributed by atoms with Crippen molar-refractivity contribution in [2.24, 2.45) is 5.41 Å². The highest BCUT2D eigenvalue weighted by Crippen LogP contribution is 2.38. The normalized spacial score (nSPS) is 25.0. The van der Waals surface area contributed by atoms with E-state index in [4.69, 9.17) is 4.74 Å². The zero-order chi connectivity index (χ0) is 21.4. The molecule has 1 aromatic heterocycles. The fraction of sp³-hybridized carbons (Fsp3) is 0.810. The van der Waals surface area contributed by atoms with Crippen LogP contribution in [0.5, 0.6) is 0 Å². The number of hydrogen-bond acceptors (Lipinski definition) is 5. The largest absolute Gasteiger partial charge is 0.444 e. The monoisotopic (exact) mass is 405 g/mol. The molecule has 0 spiro atoms. The van der Waals surface area contributed by atoms with E-state index in [1.807, 2.05) is 32.6 Å². The summed E-state index contributed by atoms with van der Waals surface area (Å²) in [6.07, 6.45) is 3.24. The molecule has 162 valence electrons. The molecule has 0 bridgehead atoms. The molecule has 0 aromatic carbocycles. The maximum atomic E-state index is 13.7. The van der Waals surface area contributed by atoms with Crippen molar-refractivity contribution < 1.29 is 14.3 Å². The molecule has 2 aliphatic rings. The third kappa shape index (κ3) is 4.90. The Morgan fingerprint density at radius 2 is 1.93 bits per heavy atom. The van der Waals surface area contributed by atoms with Gasteiger partial charge in [0.05, 0.1) is 0 Å². The minimum atomic E-state index is -0.591. The number of ether oxygens (including phenoxy) is 1. The summed E-state index contributed by atoms with van der Waals surface area (Å²) in [7, 11) is 0. The molecule has 3 rings (SSSR count). The summed E-state index contributed by atoms with van der Waals surface area (Å²) in [4.78, 5) is 34.6. The maximum Gasteiger partial charge on any atom is 0.410 e. The molecular formula is C21H35N5O3. The summed E-state index contributed by atoms with van der Waals surface area (Å²) >= 11 is 0. The highest BCUT2D eigenvalue weighted by atomic mass is 16.6. The Morgan fingerprint density at radius 1 is 1.21 bits per heavy atom. The molecule has 3 heterocycles. The number of piperidine rings is 2. The van der Waals surface area contributed by atoms with Gasteiger partial charge in [0.25, 0.3) is 0 Å². The third-order valence-corrected chi connectivity index (χ3v) is 5.85. The number of rotatable bonds is 2. The minimum Gasteiger partial charge on any atom is -0.444 e. The lowest BCUT2D eigenvalue weighted by atomic mass is 9.75. The van der Waals surface area contributed by atoms with Gasteiger partial charge in [0, 0.05) is 25.6 Å². The van der Waals surface area contributed by atoms with Crippen LogP contribution in [0.25, 0.3) is 0 Å². The number of aromatic amines is 1. The first kappa shape index (κ1) is 21.6. The van der Waals surface area contributed by atoms with Crippen molar-refractivity contribution in [3.63, 3.8) is 0 Å². The molecule has 2 aliphatic heterocycles. The highest BCUT2D eigenvalue weighted by molar-refractivity contribution is 5.87. The topological polar surface area (TPSA) is 91.4 Å². The number of carbonyl (C=O) groups is 2. The zero-order valence-electron chi connectivity index (χ0n) is 18.6. The van der Waals surface area contributed by atoms with E-state index in [-0.39, 0.29) is 17.2 Å². The van der Waals surface area contributed by atoms with E-state index in [1.165, 1.54) is 0 Å². The Morgan fingerprint density at radius 3 is 2.55 bits per heavy atom. The van der Waals surface area contributed by atoms with E-state index in [0.29, 0.717) is 19.6 Å². The van der Waals surface area contributed by atoms with Crippen molar-refractivity contribution in [1.29, 1.82) is 0 Å². The second kappa shape index (κ2) is 7.95. The molecule has 2 atom stereocenters. The maximum absolute atomic E-state index is 13.7. The van der Waals surface area contributed by atoms with Gasteiger partial charge in [0.15, 0.2) is 5.82 Å². The lowest BCUT2D eigenvalue weighted by Gasteiger charge is -2.47. The van der Waals surface area contributed by atoms with Crippen LogP contribution in [0.1, 0.15) is 77.9 Å². The predicted molar refractivity (Wildman–Crippen MR) is 109 cm³/mol. The average Bonchev–Trinajstić information content (AvgIpc) is 3.05. The van der Waals surface area contributed by atoms with E-state index in [0.717, 1.165) is 37.3 Å². The highest BCUT2D eigenvalue weighted by Gasteiger charge is 2.47. The van der Waals surface area contributed by atoms with E-state index in [1.54, 1.807) is 4.90 Å². The third-order valence-electron chi connectivity index (χ3n) is 5.85. The van der Waals surface area contributed by atoms with Gasteiger partial charge in [-0.25, -0.2) is 9.78 Å². The van der Waals surface area contributed by atoms with E-state index in [2.05, 4.69) is 29.0 Å². The number of likely N-dealkylation sites (tertiary alicyclic amines) is 2. The Labute approximate surface area is 173 Å². The van der Waals surface area contributed by atoms with Crippen molar-refractivity contribution in [1.82, 2.24) is 25.0 Å². The van der Waals surface area contributed by atoms with Crippen molar-refractivity contribution >= 4 is 12.0 Å². The van der Waals surface area contributed by atoms with Crippen molar-refractivity contribution in [2.75, 3.05) is 19.6 Å². The number of H-pyrrole nitrogens is 1. The summed E-state index contributed by atoms with van der Waals surface area (Å²) in [6.45, 7) is 13.4. The molecule has 2 amide bonds. The summed E-state index contributed by atoms with van der Waals surface area (Å²) in [5.74, 6) is 1.69.